The SMILES string of the molecule is Cc1cc(C#N)cc(N(C)C2CCCN(C)C2)n1. The Morgan fingerprint density at radius 2 is 2.28 bits per heavy atom. The Morgan fingerprint density at radius 1 is 1.50 bits per heavy atom. The molecule has 1 aliphatic rings. The van der Waals surface area contributed by atoms with Crippen LogP contribution in [0.1, 0.15) is 24.1 Å². The third kappa shape index (κ3) is 2.80. The number of hydrogen-bond acceptors (Lipinski definition) is 4. The van der Waals surface area contributed by atoms with Crippen LogP contribution in [0.5, 0.6) is 0 Å². The minimum atomic E-state index is 0.490. The molecule has 0 bridgehead atoms. The number of aryl methyl sites for hydroxylation is 1. The van der Waals surface area contributed by atoms with Crippen LogP contribution < -0.4 is 4.90 Å². The van der Waals surface area contributed by atoms with E-state index in [1.807, 2.05) is 19.1 Å². The van der Waals surface area contributed by atoms with Gasteiger partial charge in [-0.3, -0.25) is 0 Å². The lowest BCUT2D eigenvalue weighted by Gasteiger charge is -2.36. The van der Waals surface area contributed by atoms with E-state index in [1.165, 1.54) is 19.4 Å². The molecule has 1 atom stereocenters. The first-order valence-corrected chi connectivity index (χ1v) is 6.40. The molecular formula is C14H20N4. The highest BCUT2D eigenvalue weighted by atomic mass is 15.2. The van der Waals surface area contributed by atoms with Crippen molar-refractivity contribution >= 4 is 5.82 Å². The van der Waals surface area contributed by atoms with Gasteiger partial charge in [-0.2, -0.15) is 5.26 Å². The van der Waals surface area contributed by atoms with Gasteiger partial charge in [0.1, 0.15) is 5.82 Å². The fourth-order valence-electron chi connectivity index (χ4n) is 2.54. The van der Waals surface area contributed by atoms with E-state index in [0.717, 1.165) is 18.1 Å². The molecule has 1 saturated heterocycles. The van der Waals surface area contributed by atoms with Crippen LogP contribution in [0.4, 0.5) is 5.82 Å². The number of likely N-dealkylation sites (tertiary alicyclic amines) is 1. The Bertz CT molecular complexity index is 463. The molecule has 4 heteroatoms. The van der Waals surface area contributed by atoms with Crippen LogP contribution in [-0.2, 0) is 0 Å². The molecular weight excluding hydrogens is 224 g/mol. The van der Waals surface area contributed by atoms with Crippen LogP contribution in [0.15, 0.2) is 12.1 Å². The molecule has 1 unspecified atom stereocenters. The Morgan fingerprint density at radius 3 is 2.94 bits per heavy atom. The van der Waals surface area contributed by atoms with Crippen molar-refractivity contribution in [2.24, 2.45) is 0 Å². The van der Waals surface area contributed by atoms with E-state index < -0.39 is 0 Å². The van der Waals surface area contributed by atoms with Gasteiger partial charge < -0.3 is 9.80 Å². The standard InChI is InChI=1S/C14H20N4/c1-11-7-12(9-15)8-14(16-11)18(3)13-5-4-6-17(2)10-13/h7-8,13H,4-6,10H2,1-3H3. The molecule has 18 heavy (non-hydrogen) atoms. The summed E-state index contributed by atoms with van der Waals surface area (Å²) < 4.78 is 0. The summed E-state index contributed by atoms with van der Waals surface area (Å²) in [5.74, 6) is 0.909. The predicted octanol–water partition coefficient (Wildman–Crippen LogP) is 1.79. The summed E-state index contributed by atoms with van der Waals surface area (Å²) in [5, 5.41) is 9.02. The number of nitrogens with zero attached hydrogens (tertiary/aromatic N) is 4. The van der Waals surface area contributed by atoms with Crippen molar-refractivity contribution in [1.82, 2.24) is 9.88 Å². The van der Waals surface area contributed by atoms with Gasteiger partial charge in [0.05, 0.1) is 11.6 Å². The Balaban J connectivity index is 2.20. The summed E-state index contributed by atoms with van der Waals surface area (Å²) >= 11 is 0. The van der Waals surface area contributed by atoms with Crippen molar-refractivity contribution in [1.29, 1.82) is 5.26 Å². The van der Waals surface area contributed by atoms with Gasteiger partial charge >= 0.3 is 0 Å². The highest BCUT2D eigenvalue weighted by Gasteiger charge is 2.22. The number of nitriles is 1. The molecule has 2 rings (SSSR count). The molecule has 0 saturated carbocycles. The molecule has 1 aromatic rings. The second kappa shape index (κ2) is 5.36. The molecule has 0 N–H and O–H groups in total. The maximum absolute atomic E-state index is 9.02. The number of aromatic nitrogens is 1. The van der Waals surface area contributed by atoms with Gasteiger partial charge in [0.15, 0.2) is 0 Å². The lowest BCUT2D eigenvalue weighted by Crippen LogP contribution is -2.45. The average Bonchev–Trinajstić information content (AvgIpc) is 2.37. The van der Waals surface area contributed by atoms with Crippen LogP contribution in [0.25, 0.3) is 0 Å². The Hall–Kier alpha value is -1.60. The van der Waals surface area contributed by atoms with E-state index in [1.54, 1.807) is 0 Å². The normalized spacial score (nSPS) is 20.4. The van der Waals surface area contributed by atoms with Crippen LogP contribution in [0, 0.1) is 18.3 Å². The van der Waals surface area contributed by atoms with Gasteiger partial charge in [0.25, 0.3) is 0 Å². The van der Waals surface area contributed by atoms with Gasteiger partial charge in [-0.25, -0.2) is 4.98 Å². The largest absolute Gasteiger partial charge is 0.355 e. The maximum atomic E-state index is 9.02. The van der Waals surface area contributed by atoms with Crippen molar-refractivity contribution < 1.29 is 0 Å². The maximum Gasteiger partial charge on any atom is 0.130 e. The predicted molar refractivity (Wildman–Crippen MR) is 72.6 cm³/mol. The number of anilines is 1. The zero-order valence-electron chi connectivity index (χ0n) is 11.3. The Kier molecular flexibility index (Phi) is 3.83. The van der Waals surface area contributed by atoms with Gasteiger partial charge in [0, 0.05) is 25.3 Å². The monoisotopic (exact) mass is 244 g/mol. The second-order valence-electron chi connectivity index (χ2n) is 5.14. The topological polar surface area (TPSA) is 43.2 Å². The van der Waals surface area contributed by atoms with E-state index in [0.29, 0.717) is 11.6 Å². The summed E-state index contributed by atoms with van der Waals surface area (Å²) in [4.78, 5) is 9.10. The van der Waals surface area contributed by atoms with E-state index in [-0.39, 0.29) is 0 Å². The first-order valence-electron chi connectivity index (χ1n) is 6.40. The van der Waals surface area contributed by atoms with E-state index in [9.17, 15) is 0 Å². The highest BCUT2D eigenvalue weighted by molar-refractivity contribution is 5.46. The smallest absolute Gasteiger partial charge is 0.130 e. The summed E-state index contributed by atoms with van der Waals surface area (Å²) in [5.41, 5.74) is 1.59. The van der Waals surface area contributed by atoms with Crippen molar-refractivity contribution in [3.63, 3.8) is 0 Å². The van der Waals surface area contributed by atoms with Gasteiger partial charge in [-0.15, -0.1) is 0 Å². The summed E-state index contributed by atoms with van der Waals surface area (Å²) in [6, 6.07) is 6.39. The molecule has 0 amide bonds. The van der Waals surface area contributed by atoms with Gasteiger partial charge in [-0.05, 0) is 45.5 Å². The zero-order chi connectivity index (χ0) is 13.1. The van der Waals surface area contributed by atoms with Crippen LogP contribution >= 0.6 is 0 Å². The lowest BCUT2D eigenvalue weighted by atomic mass is 10.0. The third-order valence-electron chi connectivity index (χ3n) is 3.58. The molecule has 4 nitrogen and oxygen atoms in total. The summed E-state index contributed by atoms with van der Waals surface area (Å²) in [6.07, 6.45) is 2.42. The van der Waals surface area contributed by atoms with E-state index in [4.69, 9.17) is 5.26 Å². The minimum absolute atomic E-state index is 0.490. The van der Waals surface area contributed by atoms with Crippen molar-refractivity contribution in [3.05, 3.63) is 23.4 Å². The fourth-order valence-corrected chi connectivity index (χ4v) is 2.54. The number of piperidine rings is 1. The molecule has 96 valence electrons. The summed E-state index contributed by atoms with van der Waals surface area (Å²) in [7, 11) is 4.23. The zero-order valence-corrected chi connectivity index (χ0v) is 11.3. The molecule has 2 heterocycles. The van der Waals surface area contributed by atoms with Gasteiger partial charge in [0.2, 0.25) is 0 Å². The van der Waals surface area contributed by atoms with Crippen molar-refractivity contribution in [3.8, 4) is 6.07 Å². The molecule has 0 spiro atoms. The number of pyridine rings is 1. The number of rotatable bonds is 2. The van der Waals surface area contributed by atoms with Crippen molar-refractivity contribution in [2.75, 3.05) is 32.1 Å². The Labute approximate surface area is 109 Å². The first kappa shape index (κ1) is 12.8. The quantitative estimate of drug-likeness (QED) is 0.795. The second-order valence-corrected chi connectivity index (χ2v) is 5.14. The van der Waals surface area contributed by atoms with Crippen molar-refractivity contribution in [2.45, 2.75) is 25.8 Å². The minimum Gasteiger partial charge on any atom is -0.355 e. The molecule has 1 fully saturated rings. The molecule has 0 radical (unpaired) electrons. The van der Waals surface area contributed by atoms with E-state index in [2.05, 4.69) is 34.9 Å². The van der Waals surface area contributed by atoms with Crippen LogP contribution in [-0.4, -0.2) is 43.1 Å². The molecule has 0 aromatic carbocycles. The molecule has 1 aromatic heterocycles. The number of hydrogen-bond donors (Lipinski definition) is 0. The van der Waals surface area contributed by atoms with E-state index >= 15 is 0 Å². The van der Waals surface area contributed by atoms with Crippen LogP contribution in [0.3, 0.4) is 0 Å². The first-order chi connectivity index (χ1) is 8.60. The molecule has 0 aliphatic carbocycles. The van der Waals surface area contributed by atoms with Gasteiger partial charge in [-0.1, -0.05) is 0 Å². The highest BCUT2D eigenvalue weighted by Crippen LogP contribution is 2.20. The average molecular weight is 244 g/mol. The number of likely N-dealkylation sites (N-methyl/N-ethyl adjacent to an activating group) is 2. The lowest BCUT2D eigenvalue weighted by molar-refractivity contribution is 0.247. The molecule has 1 aliphatic heterocycles. The third-order valence-corrected chi connectivity index (χ3v) is 3.58. The summed E-state index contributed by atoms with van der Waals surface area (Å²) in [6.45, 7) is 4.17. The fraction of sp³-hybridized carbons (Fsp3) is 0.571. The van der Waals surface area contributed by atoms with Crippen LogP contribution in [0.2, 0.25) is 0 Å².